The topological polar surface area (TPSA) is 39.2 Å². The van der Waals surface area contributed by atoms with Crippen LogP contribution in [0.5, 0.6) is 0 Å². The van der Waals surface area contributed by atoms with Crippen molar-refractivity contribution < 1.29 is 8.83 Å². The summed E-state index contributed by atoms with van der Waals surface area (Å²) >= 11 is 1.90. The van der Waals surface area contributed by atoms with Crippen LogP contribution in [0.3, 0.4) is 0 Å². The third kappa shape index (κ3) is 8.78. The molecule has 19 rings (SSSR count). The molecule has 0 bridgehead atoms. The van der Waals surface area contributed by atoms with E-state index < -0.39 is 0 Å². The lowest BCUT2D eigenvalue weighted by molar-refractivity contribution is 0.590. The molecule has 0 radical (unpaired) electrons. The number of nitrogens with zero attached hydrogens (tertiary/aromatic N) is 4. The number of furan rings is 2. The highest BCUT2D eigenvalue weighted by molar-refractivity contribution is 7.26. The Kier molecular flexibility index (Phi) is 12.4. The number of fused-ring (bicyclic) bond motifs is 17. The Balaban J connectivity index is 0.927. The van der Waals surface area contributed by atoms with Crippen molar-refractivity contribution >= 4 is 188 Å². The average molecular weight is 1250 g/mol. The highest BCUT2D eigenvalue weighted by Crippen LogP contribution is 2.53. The summed E-state index contributed by atoms with van der Waals surface area (Å²) in [7, 11) is 0. The highest BCUT2D eigenvalue weighted by atomic mass is 32.1. The van der Waals surface area contributed by atoms with Gasteiger partial charge in [0.25, 0.3) is 6.71 Å². The molecule has 0 saturated heterocycles. The van der Waals surface area contributed by atoms with E-state index in [2.05, 4.69) is 346 Å². The van der Waals surface area contributed by atoms with Gasteiger partial charge in [-0.2, -0.15) is 0 Å². The molecule has 0 atom stereocenters. The van der Waals surface area contributed by atoms with Crippen molar-refractivity contribution in [2.45, 2.75) is 52.4 Å². The third-order valence-electron chi connectivity index (χ3n) is 20.3. The number of rotatable bonds is 8. The predicted octanol–water partition coefficient (Wildman–Crippen LogP) is 23.8. The molecule has 0 fully saturated rings. The van der Waals surface area contributed by atoms with Crippen LogP contribution in [0.4, 0.5) is 68.2 Å². The zero-order valence-electron chi connectivity index (χ0n) is 54.2. The van der Waals surface area contributed by atoms with Gasteiger partial charge in [-0.05, 0) is 181 Å². The molecule has 0 saturated carbocycles. The van der Waals surface area contributed by atoms with E-state index in [9.17, 15) is 0 Å². The van der Waals surface area contributed by atoms with Crippen molar-refractivity contribution in [1.29, 1.82) is 0 Å². The Bertz CT molecular complexity index is 6030. The van der Waals surface area contributed by atoms with Crippen LogP contribution in [0.1, 0.15) is 52.7 Å². The minimum absolute atomic E-state index is 0.0530. The van der Waals surface area contributed by atoms with Gasteiger partial charge in [-0.3, -0.25) is 0 Å². The lowest BCUT2D eigenvalue weighted by Crippen LogP contribution is -2.61. The SMILES string of the molecule is CC(C)(C)c1ccc(N2c3cc(N(c4ccc5ccc6ccccc6c5c4)c4ccc5oc6ccccc6c5c4)ccc3B3c4ccc5c(sc6ccccc65)c4N(c4ccc(C(C)(C)C)cc4)c4cc(N(c5ccccc5)c5ccc6c(c5)oc5ccccc56)cc2c43)cc1. The zero-order valence-corrected chi connectivity index (χ0v) is 55.0. The van der Waals surface area contributed by atoms with Gasteiger partial charge < -0.3 is 28.4 Å². The van der Waals surface area contributed by atoms with Gasteiger partial charge in [0.2, 0.25) is 0 Å². The van der Waals surface area contributed by atoms with E-state index in [-0.39, 0.29) is 17.5 Å². The largest absolute Gasteiger partial charge is 0.456 e. The zero-order chi connectivity index (χ0) is 64.3. The lowest BCUT2D eigenvalue weighted by atomic mass is 9.33. The second-order valence-corrected chi connectivity index (χ2v) is 29.1. The minimum atomic E-state index is -0.195. The third-order valence-corrected chi connectivity index (χ3v) is 21.5. The minimum Gasteiger partial charge on any atom is -0.456 e. The molecule has 0 unspecified atom stereocenters. The Labute approximate surface area is 561 Å². The molecule has 2 aliphatic rings. The van der Waals surface area contributed by atoms with Crippen LogP contribution < -0.4 is 36.0 Å². The molecule has 0 N–H and O–H groups in total. The number of thiophene rings is 1. The van der Waals surface area contributed by atoms with Crippen LogP contribution in [0.15, 0.2) is 294 Å². The fourth-order valence-electron chi connectivity index (χ4n) is 15.6. The van der Waals surface area contributed by atoms with Crippen LogP contribution >= 0.6 is 11.3 Å². The monoisotopic (exact) mass is 1250 g/mol. The summed E-state index contributed by atoms with van der Waals surface area (Å²) in [5.41, 5.74) is 22.4. The molecule has 0 amide bonds. The maximum Gasteiger partial charge on any atom is 0.252 e. The van der Waals surface area contributed by atoms with Crippen molar-refractivity contribution in [2.24, 2.45) is 0 Å². The Hall–Kier alpha value is -11.3. The van der Waals surface area contributed by atoms with Gasteiger partial charge >= 0.3 is 0 Å². The Morgan fingerprint density at radius 1 is 0.323 bits per heavy atom. The average Bonchev–Trinajstić information content (AvgIpc) is 0.780. The van der Waals surface area contributed by atoms with Crippen molar-refractivity contribution in [3.63, 3.8) is 0 Å². The van der Waals surface area contributed by atoms with Gasteiger partial charge in [0.15, 0.2) is 0 Å². The molecule has 458 valence electrons. The van der Waals surface area contributed by atoms with Gasteiger partial charge in [0, 0.05) is 100.0 Å². The first kappa shape index (κ1) is 56.2. The van der Waals surface area contributed by atoms with Crippen LogP contribution in [-0.4, -0.2) is 6.71 Å². The summed E-state index contributed by atoms with van der Waals surface area (Å²) in [5, 5.41) is 11.7. The Morgan fingerprint density at radius 2 is 0.802 bits per heavy atom. The van der Waals surface area contributed by atoms with E-state index >= 15 is 0 Å². The maximum atomic E-state index is 6.75. The summed E-state index contributed by atoms with van der Waals surface area (Å²) in [6.07, 6.45) is 0. The Morgan fingerprint density at radius 3 is 1.52 bits per heavy atom. The van der Waals surface area contributed by atoms with Gasteiger partial charge in [0.1, 0.15) is 22.3 Å². The second kappa shape index (κ2) is 21.1. The normalized spacial score (nSPS) is 13.0. The van der Waals surface area contributed by atoms with Crippen LogP contribution in [0, 0.1) is 0 Å². The number of hydrogen-bond acceptors (Lipinski definition) is 7. The summed E-state index contributed by atoms with van der Waals surface area (Å²) in [4.78, 5) is 10.1. The van der Waals surface area contributed by atoms with Crippen LogP contribution in [0.25, 0.3) is 85.6 Å². The standard InChI is InChI=1S/C88H65BN4O2S/c1-87(2,3)56-31-36-59(37-32-56)92-76-50-63(91(62-42-47-81-73(49-62)68-23-13-16-26-80(68)94-81)61-35-30-55-29-28-54-18-10-11-21-66(54)72(55)48-61)41-45-74(76)89-75-46-44-71-70-24-14-17-27-83(70)96-86(71)85(75)93(60-38-33-57(34-39-60)88(4,5)6)78-52-65(51-77(92)84(78)89)90(58-19-8-7-9-20-58)64-40-43-69-67-22-12-15-25-79(67)95-82(69)53-64/h7-53H,1-6H3. The molecule has 6 nitrogen and oxygen atoms in total. The van der Waals surface area contributed by atoms with E-state index in [0.717, 1.165) is 106 Å². The first-order chi connectivity index (χ1) is 46.8. The van der Waals surface area contributed by atoms with Gasteiger partial charge in [0.05, 0.1) is 16.1 Å². The van der Waals surface area contributed by atoms with Crippen molar-refractivity contribution in [3.8, 4) is 0 Å². The van der Waals surface area contributed by atoms with E-state index in [1.807, 2.05) is 11.3 Å². The predicted molar refractivity (Wildman–Crippen MR) is 410 cm³/mol. The molecular weight excluding hydrogens is 1190 g/mol. The summed E-state index contributed by atoms with van der Waals surface area (Å²) in [5.74, 6) is 0. The van der Waals surface area contributed by atoms with Crippen molar-refractivity contribution in [3.05, 3.63) is 296 Å². The van der Waals surface area contributed by atoms with Crippen molar-refractivity contribution in [2.75, 3.05) is 19.6 Å². The number of anilines is 12. The molecule has 17 aromatic rings. The number of hydrogen-bond donors (Lipinski definition) is 0. The van der Waals surface area contributed by atoms with E-state index in [0.29, 0.717) is 0 Å². The molecular formula is C88H65BN4O2S. The molecule has 0 spiro atoms. The molecule has 2 aliphatic heterocycles. The first-order valence-corrected chi connectivity index (χ1v) is 34.1. The molecule has 8 heteroatoms. The molecule has 14 aromatic carbocycles. The van der Waals surface area contributed by atoms with E-state index in [1.165, 1.54) is 74.9 Å². The smallest absolute Gasteiger partial charge is 0.252 e. The molecule has 96 heavy (non-hydrogen) atoms. The lowest BCUT2D eigenvalue weighted by Gasteiger charge is -2.45. The second-order valence-electron chi connectivity index (χ2n) is 28.1. The maximum absolute atomic E-state index is 6.75. The number of para-hydroxylation sites is 3. The fraction of sp³-hybridized carbons (Fsp3) is 0.0909. The van der Waals surface area contributed by atoms with Crippen molar-refractivity contribution in [1.82, 2.24) is 0 Å². The number of benzene rings is 14. The fourth-order valence-corrected chi connectivity index (χ4v) is 16.8. The molecule has 3 aromatic heterocycles. The van der Waals surface area contributed by atoms with Gasteiger partial charge in [-0.1, -0.05) is 199 Å². The molecule has 0 aliphatic carbocycles. The van der Waals surface area contributed by atoms with Crippen LogP contribution in [0.2, 0.25) is 0 Å². The van der Waals surface area contributed by atoms with Crippen LogP contribution in [-0.2, 0) is 10.8 Å². The van der Waals surface area contributed by atoms with Gasteiger partial charge in [-0.25, -0.2) is 0 Å². The van der Waals surface area contributed by atoms with E-state index in [4.69, 9.17) is 8.83 Å². The first-order valence-electron chi connectivity index (χ1n) is 33.3. The summed E-state index contributed by atoms with van der Waals surface area (Å²) in [6, 6.07) is 106. The highest BCUT2D eigenvalue weighted by Gasteiger charge is 2.45. The summed E-state index contributed by atoms with van der Waals surface area (Å²) in [6.45, 7) is 13.6. The molecule has 5 heterocycles. The van der Waals surface area contributed by atoms with E-state index in [1.54, 1.807) is 0 Å². The summed E-state index contributed by atoms with van der Waals surface area (Å²) < 4.78 is 15.8. The quantitative estimate of drug-likeness (QED) is 0.112. The van der Waals surface area contributed by atoms with Gasteiger partial charge in [-0.15, -0.1) is 11.3 Å².